The van der Waals surface area contributed by atoms with Crippen molar-refractivity contribution in [3.63, 3.8) is 0 Å². The van der Waals surface area contributed by atoms with E-state index < -0.39 is 0 Å². The van der Waals surface area contributed by atoms with Gasteiger partial charge in [-0.2, -0.15) is 0 Å². The molecular formula is C15H18O3. The zero-order chi connectivity index (χ0) is 13.2. The number of esters is 1. The minimum atomic E-state index is -0.301. The number of carbonyl (C=O) groups excluding carboxylic acids is 1. The van der Waals surface area contributed by atoms with Crippen LogP contribution in [0.2, 0.25) is 0 Å². The lowest BCUT2D eigenvalue weighted by atomic mass is 9.98. The molecule has 0 N–H and O–H groups in total. The van der Waals surface area contributed by atoms with Gasteiger partial charge in [-0.1, -0.05) is 51.1 Å². The van der Waals surface area contributed by atoms with Crippen molar-refractivity contribution in [3.05, 3.63) is 41.7 Å². The van der Waals surface area contributed by atoms with E-state index in [1.807, 2.05) is 30.3 Å². The number of rotatable bonds is 3. The van der Waals surface area contributed by atoms with Gasteiger partial charge in [-0.15, -0.1) is 0 Å². The molecule has 0 saturated heterocycles. The van der Waals surface area contributed by atoms with Gasteiger partial charge in [0.05, 0.1) is 6.61 Å². The Balaban J connectivity index is 2.25. The molecule has 3 heteroatoms. The van der Waals surface area contributed by atoms with E-state index in [-0.39, 0.29) is 18.0 Å². The topological polar surface area (TPSA) is 35.5 Å². The molecule has 0 bridgehead atoms. The Bertz CT molecular complexity index is 466. The van der Waals surface area contributed by atoms with Crippen LogP contribution in [0.25, 0.3) is 5.57 Å². The Morgan fingerprint density at radius 2 is 1.89 bits per heavy atom. The van der Waals surface area contributed by atoms with Crippen molar-refractivity contribution in [2.24, 2.45) is 5.41 Å². The standard InChI is InChI=1S/C15H18O3/c1-15(2,3)10-18-12-9-17-14(16)13(12)11-7-5-4-6-8-11/h4-8H,9-10H2,1-3H3. The summed E-state index contributed by atoms with van der Waals surface area (Å²) in [5.41, 5.74) is 1.46. The molecular weight excluding hydrogens is 228 g/mol. The summed E-state index contributed by atoms with van der Waals surface area (Å²) >= 11 is 0. The highest BCUT2D eigenvalue weighted by Crippen LogP contribution is 2.28. The van der Waals surface area contributed by atoms with Crippen LogP contribution in [0, 0.1) is 5.41 Å². The molecule has 0 aromatic heterocycles. The van der Waals surface area contributed by atoms with E-state index in [4.69, 9.17) is 9.47 Å². The zero-order valence-corrected chi connectivity index (χ0v) is 11.0. The highest BCUT2D eigenvalue weighted by molar-refractivity contribution is 6.18. The molecule has 0 spiro atoms. The van der Waals surface area contributed by atoms with Crippen molar-refractivity contribution in [1.82, 2.24) is 0 Å². The summed E-state index contributed by atoms with van der Waals surface area (Å²) in [7, 11) is 0. The molecule has 0 unspecified atom stereocenters. The monoisotopic (exact) mass is 246 g/mol. The van der Waals surface area contributed by atoms with E-state index in [2.05, 4.69) is 20.8 Å². The first-order valence-electron chi connectivity index (χ1n) is 6.06. The second-order valence-corrected chi connectivity index (χ2v) is 5.59. The highest BCUT2D eigenvalue weighted by atomic mass is 16.6. The van der Waals surface area contributed by atoms with E-state index >= 15 is 0 Å². The number of hydrogen-bond acceptors (Lipinski definition) is 3. The van der Waals surface area contributed by atoms with Gasteiger partial charge in [-0.25, -0.2) is 4.79 Å². The lowest BCUT2D eigenvalue weighted by Gasteiger charge is -2.19. The van der Waals surface area contributed by atoms with Gasteiger partial charge in [0.1, 0.15) is 17.9 Å². The van der Waals surface area contributed by atoms with Crippen LogP contribution in [0.15, 0.2) is 36.1 Å². The number of carbonyl (C=O) groups is 1. The van der Waals surface area contributed by atoms with Crippen LogP contribution in [0.3, 0.4) is 0 Å². The van der Waals surface area contributed by atoms with Gasteiger partial charge in [0.2, 0.25) is 0 Å². The first kappa shape index (κ1) is 12.7. The Kier molecular flexibility index (Phi) is 3.41. The fourth-order valence-corrected chi connectivity index (χ4v) is 1.69. The molecule has 0 atom stereocenters. The first-order chi connectivity index (χ1) is 8.47. The smallest absolute Gasteiger partial charge is 0.342 e. The van der Waals surface area contributed by atoms with Crippen LogP contribution in [0.4, 0.5) is 0 Å². The predicted octanol–water partition coefficient (Wildman–Crippen LogP) is 3.02. The van der Waals surface area contributed by atoms with E-state index in [0.717, 1.165) is 5.56 Å². The minimum Gasteiger partial charge on any atom is -0.493 e. The van der Waals surface area contributed by atoms with Crippen molar-refractivity contribution in [2.75, 3.05) is 13.2 Å². The zero-order valence-electron chi connectivity index (χ0n) is 11.0. The molecule has 96 valence electrons. The Morgan fingerprint density at radius 1 is 1.22 bits per heavy atom. The van der Waals surface area contributed by atoms with Gasteiger partial charge >= 0.3 is 5.97 Å². The van der Waals surface area contributed by atoms with E-state index in [1.54, 1.807) is 0 Å². The third kappa shape index (κ3) is 2.92. The molecule has 1 aliphatic heterocycles. The molecule has 2 rings (SSSR count). The van der Waals surface area contributed by atoms with E-state index in [1.165, 1.54) is 0 Å². The van der Waals surface area contributed by atoms with Gasteiger partial charge in [0, 0.05) is 0 Å². The van der Waals surface area contributed by atoms with E-state index in [0.29, 0.717) is 17.9 Å². The Labute approximate surface area is 107 Å². The molecule has 1 aliphatic rings. The van der Waals surface area contributed by atoms with Crippen LogP contribution in [-0.2, 0) is 14.3 Å². The number of ether oxygens (including phenoxy) is 2. The maximum Gasteiger partial charge on any atom is 0.342 e. The van der Waals surface area contributed by atoms with Gasteiger partial charge < -0.3 is 9.47 Å². The lowest BCUT2D eigenvalue weighted by Crippen LogP contribution is -2.15. The van der Waals surface area contributed by atoms with Crippen LogP contribution in [-0.4, -0.2) is 19.2 Å². The highest BCUT2D eigenvalue weighted by Gasteiger charge is 2.28. The quantitative estimate of drug-likeness (QED) is 0.769. The van der Waals surface area contributed by atoms with E-state index in [9.17, 15) is 4.79 Å². The summed E-state index contributed by atoms with van der Waals surface area (Å²) in [5.74, 6) is 0.339. The molecule has 0 aliphatic carbocycles. The fourth-order valence-electron chi connectivity index (χ4n) is 1.69. The van der Waals surface area contributed by atoms with Crippen LogP contribution >= 0.6 is 0 Å². The normalized spacial score (nSPS) is 15.8. The third-order valence-electron chi connectivity index (χ3n) is 2.56. The molecule has 1 aromatic carbocycles. The van der Waals surface area contributed by atoms with Crippen LogP contribution in [0.1, 0.15) is 26.3 Å². The number of cyclic esters (lactones) is 1. The summed E-state index contributed by atoms with van der Waals surface area (Å²) in [5, 5.41) is 0. The fraction of sp³-hybridized carbons (Fsp3) is 0.400. The second kappa shape index (κ2) is 4.84. The number of benzene rings is 1. The predicted molar refractivity (Wildman–Crippen MR) is 69.7 cm³/mol. The molecule has 0 amide bonds. The third-order valence-corrected chi connectivity index (χ3v) is 2.56. The largest absolute Gasteiger partial charge is 0.493 e. The summed E-state index contributed by atoms with van der Waals surface area (Å²) in [6, 6.07) is 9.50. The van der Waals surface area contributed by atoms with Crippen molar-refractivity contribution < 1.29 is 14.3 Å². The summed E-state index contributed by atoms with van der Waals surface area (Å²) in [6.07, 6.45) is 0. The van der Waals surface area contributed by atoms with Crippen molar-refractivity contribution in [3.8, 4) is 0 Å². The lowest BCUT2D eigenvalue weighted by molar-refractivity contribution is -0.134. The van der Waals surface area contributed by atoms with Gasteiger partial charge in [0.25, 0.3) is 0 Å². The maximum atomic E-state index is 11.7. The average molecular weight is 246 g/mol. The van der Waals surface area contributed by atoms with Crippen molar-refractivity contribution in [1.29, 1.82) is 0 Å². The van der Waals surface area contributed by atoms with Crippen LogP contribution in [0.5, 0.6) is 0 Å². The molecule has 18 heavy (non-hydrogen) atoms. The minimum absolute atomic E-state index is 0.0560. The first-order valence-corrected chi connectivity index (χ1v) is 6.06. The number of hydrogen-bond donors (Lipinski definition) is 0. The Morgan fingerprint density at radius 3 is 2.50 bits per heavy atom. The van der Waals surface area contributed by atoms with Crippen molar-refractivity contribution in [2.45, 2.75) is 20.8 Å². The second-order valence-electron chi connectivity index (χ2n) is 5.59. The summed E-state index contributed by atoms with van der Waals surface area (Å²) < 4.78 is 10.8. The average Bonchev–Trinajstić information content (AvgIpc) is 2.68. The summed E-state index contributed by atoms with van der Waals surface area (Å²) in [4.78, 5) is 11.7. The SMILES string of the molecule is CC(C)(C)COC1=C(c2ccccc2)C(=O)OC1. The van der Waals surface area contributed by atoms with Crippen LogP contribution < -0.4 is 0 Å². The van der Waals surface area contributed by atoms with Gasteiger partial charge in [-0.3, -0.25) is 0 Å². The Hall–Kier alpha value is -1.77. The molecule has 0 saturated carbocycles. The molecule has 3 nitrogen and oxygen atoms in total. The molecule has 0 radical (unpaired) electrons. The molecule has 0 fully saturated rings. The summed E-state index contributed by atoms with van der Waals surface area (Å²) in [6.45, 7) is 7.07. The maximum absolute atomic E-state index is 11.7. The molecule has 1 aromatic rings. The van der Waals surface area contributed by atoms with Gasteiger partial charge in [-0.05, 0) is 11.0 Å². The van der Waals surface area contributed by atoms with Gasteiger partial charge in [0.15, 0.2) is 0 Å². The van der Waals surface area contributed by atoms with Crippen molar-refractivity contribution >= 4 is 11.5 Å². The molecule has 1 heterocycles.